The van der Waals surface area contributed by atoms with Crippen LogP contribution >= 0.6 is 11.6 Å². The molecule has 1 amide bonds. The summed E-state index contributed by atoms with van der Waals surface area (Å²) in [5.74, 6) is 0.653. The monoisotopic (exact) mass is 482 g/mol. The van der Waals surface area contributed by atoms with Crippen molar-refractivity contribution in [1.82, 2.24) is 0 Å². The van der Waals surface area contributed by atoms with Gasteiger partial charge in [0, 0.05) is 17.8 Å². The Morgan fingerprint density at radius 1 is 1.19 bits per heavy atom. The molecule has 1 heterocycles. The van der Waals surface area contributed by atoms with Crippen LogP contribution in [0.4, 0.5) is 10.5 Å². The van der Waals surface area contributed by atoms with Crippen LogP contribution in [0.25, 0.3) is 0 Å². The number of hydrogen-bond donors (Lipinski definition) is 1. The molecule has 1 aliphatic rings. The molecule has 3 rings (SSSR count). The van der Waals surface area contributed by atoms with Crippen LogP contribution in [0.2, 0.25) is 5.02 Å². The molecule has 0 atom stereocenters. The molecule has 0 aromatic heterocycles. The maximum Gasteiger partial charge on any atom is 0.521 e. The van der Waals surface area contributed by atoms with E-state index < -0.39 is 22.1 Å². The third-order valence-corrected chi connectivity index (χ3v) is 5.43. The fraction of sp³-hybridized carbons (Fsp3) is 0.333. The van der Waals surface area contributed by atoms with Crippen LogP contribution in [0, 0.1) is 6.92 Å². The first kappa shape index (κ1) is 23.7. The van der Waals surface area contributed by atoms with Gasteiger partial charge in [-0.1, -0.05) is 34.5 Å². The minimum Gasteiger partial charge on any atom is -0.494 e. The minimum absolute atomic E-state index is 0.135. The summed E-state index contributed by atoms with van der Waals surface area (Å²) in [6.07, 6.45) is 1.69. The molecule has 9 nitrogen and oxygen atoms in total. The lowest BCUT2D eigenvalue weighted by Gasteiger charge is -2.33. The summed E-state index contributed by atoms with van der Waals surface area (Å²) >= 11 is 6.27. The summed E-state index contributed by atoms with van der Waals surface area (Å²) in [5, 5.41) is 6.36. The standard InChI is InChI=1S/C21H23ClN2O7S/c1-14-6-8-15(9-7-14)30-32(26,27)31-23-10-4-5-11-28-16-12-17-19(18(22)13-16)24-20(25)29-21(17,2)3/h6-10,12-13H,4-5,11H2,1-3H3,(H,24,25). The normalized spacial score (nSPS) is 14.9. The maximum atomic E-state index is 11.7. The van der Waals surface area contributed by atoms with Gasteiger partial charge in [0.2, 0.25) is 0 Å². The van der Waals surface area contributed by atoms with Gasteiger partial charge in [-0.15, -0.1) is 8.42 Å². The van der Waals surface area contributed by atoms with E-state index >= 15 is 0 Å². The van der Waals surface area contributed by atoms with Crippen LogP contribution in [-0.4, -0.2) is 27.3 Å². The Balaban J connectivity index is 1.46. The molecule has 0 aliphatic carbocycles. The van der Waals surface area contributed by atoms with E-state index in [0.29, 0.717) is 41.5 Å². The Morgan fingerprint density at radius 2 is 1.91 bits per heavy atom. The lowest BCUT2D eigenvalue weighted by atomic mass is 9.94. The maximum absolute atomic E-state index is 11.7. The van der Waals surface area contributed by atoms with Crippen LogP contribution in [-0.2, 0) is 25.0 Å². The van der Waals surface area contributed by atoms with Crippen molar-refractivity contribution in [3.8, 4) is 11.5 Å². The van der Waals surface area contributed by atoms with Gasteiger partial charge in [0.1, 0.15) is 17.1 Å². The van der Waals surface area contributed by atoms with Crippen molar-refractivity contribution in [3.63, 3.8) is 0 Å². The van der Waals surface area contributed by atoms with Gasteiger partial charge >= 0.3 is 16.5 Å². The topological polar surface area (TPSA) is 113 Å². The number of fused-ring (bicyclic) bond motifs is 1. The highest BCUT2D eigenvalue weighted by molar-refractivity contribution is 7.82. The predicted molar refractivity (Wildman–Crippen MR) is 120 cm³/mol. The highest BCUT2D eigenvalue weighted by Gasteiger charge is 2.35. The molecule has 0 saturated heterocycles. The molecular weight excluding hydrogens is 460 g/mol. The number of cyclic esters (lactones) is 1. The first-order chi connectivity index (χ1) is 15.1. The number of benzene rings is 2. The third kappa shape index (κ3) is 6.27. The lowest BCUT2D eigenvalue weighted by molar-refractivity contribution is 0.0418. The molecule has 1 aliphatic heterocycles. The highest BCUT2D eigenvalue weighted by atomic mass is 35.5. The zero-order valence-corrected chi connectivity index (χ0v) is 19.3. The predicted octanol–water partition coefficient (Wildman–Crippen LogP) is 4.93. The number of aryl methyl sites for hydroxylation is 1. The molecule has 2 aromatic rings. The number of amides is 1. The van der Waals surface area contributed by atoms with Crippen molar-refractivity contribution in [2.45, 2.75) is 39.2 Å². The summed E-state index contributed by atoms with van der Waals surface area (Å²) in [6, 6.07) is 9.83. The molecular formula is C21H23ClN2O7S. The number of unbranched alkanes of at least 4 members (excludes halogenated alkanes) is 1. The van der Waals surface area contributed by atoms with Gasteiger partial charge in [-0.25, -0.2) is 9.08 Å². The first-order valence-corrected chi connectivity index (χ1v) is 11.5. The number of nitrogens with zero attached hydrogens (tertiary/aromatic N) is 1. The number of oxime groups is 1. The molecule has 0 fully saturated rings. The van der Waals surface area contributed by atoms with Crippen LogP contribution in [0.15, 0.2) is 41.6 Å². The molecule has 0 radical (unpaired) electrons. The summed E-state index contributed by atoms with van der Waals surface area (Å²) < 4.78 is 43.7. The van der Waals surface area contributed by atoms with Crippen molar-refractivity contribution >= 4 is 40.0 Å². The number of anilines is 1. The molecule has 1 N–H and O–H groups in total. The van der Waals surface area contributed by atoms with E-state index in [1.54, 1.807) is 38.1 Å². The summed E-state index contributed by atoms with van der Waals surface area (Å²) in [7, 11) is -4.30. The molecule has 0 bridgehead atoms. The largest absolute Gasteiger partial charge is 0.521 e. The fourth-order valence-electron chi connectivity index (χ4n) is 2.91. The average Bonchev–Trinajstić information content (AvgIpc) is 2.69. The van der Waals surface area contributed by atoms with Gasteiger partial charge in [-0.05, 0) is 51.8 Å². The van der Waals surface area contributed by atoms with E-state index in [-0.39, 0.29) is 5.75 Å². The Hall–Kier alpha value is -2.98. The van der Waals surface area contributed by atoms with E-state index in [4.69, 9.17) is 25.3 Å². The second-order valence-electron chi connectivity index (χ2n) is 7.51. The Bertz CT molecular complexity index is 1120. The van der Waals surface area contributed by atoms with E-state index in [0.717, 1.165) is 5.56 Å². The van der Waals surface area contributed by atoms with E-state index in [1.807, 2.05) is 6.92 Å². The Kier molecular flexibility index (Phi) is 7.15. The molecule has 0 spiro atoms. The van der Waals surface area contributed by atoms with Gasteiger partial charge in [0.15, 0.2) is 0 Å². The van der Waals surface area contributed by atoms with Gasteiger partial charge in [-0.3, -0.25) is 5.32 Å². The van der Waals surface area contributed by atoms with E-state index in [9.17, 15) is 13.2 Å². The smallest absolute Gasteiger partial charge is 0.494 e. The van der Waals surface area contributed by atoms with Crippen molar-refractivity contribution < 1.29 is 31.2 Å². The molecule has 0 saturated carbocycles. The number of hydrogen-bond acceptors (Lipinski definition) is 8. The molecule has 11 heteroatoms. The van der Waals surface area contributed by atoms with Crippen molar-refractivity contribution in [1.29, 1.82) is 0 Å². The fourth-order valence-corrected chi connectivity index (χ4v) is 3.71. The number of rotatable bonds is 9. The second kappa shape index (κ2) is 9.66. The van der Waals surface area contributed by atoms with Crippen LogP contribution in [0.1, 0.15) is 37.8 Å². The van der Waals surface area contributed by atoms with Crippen LogP contribution in [0.3, 0.4) is 0 Å². The lowest BCUT2D eigenvalue weighted by Crippen LogP contribution is -2.34. The SMILES string of the molecule is Cc1ccc(OS(=O)(=O)ON=CCCCOc2cc(Cl)c3c(c2)C(C)(C)OC(=O)N3)cc1. The number of carbonyl (C=O) groups is 1. The first-order valence-electron chi connectivity index (χ1n) is 9.74. The molecule has 32 heavy (non-hydrogen) atoms. The summed E-state index contributed by atoms with van der Waals surface area (Å²) in [6.45, 7) is 5.72. The highest BCUT2D eigenvalue weighted by Crippen LogP contribution is 2.42. The van der Waals surface area contributed by atoms with Crippen LogP contribution < -0.4 is 14.2 Å². The summed E-state index contributed by atoms with van der Waals surface area (Å²) in [4.78, 5) is 11.7. The van der Waals surface area contributed by atoms with E-state index in [2.05, 4.69) is 14.8 Å². The quantitative estimate of drug-likeness (QED) is 0.306. The minimum atomic E-state index is -4.30. The van der Waals surface area contributed by atoms with Crippen molar-refractivity contribution in [2.24, 2.45) is 5.16 Å². The van der Waals surface area contributed by atoms with Gasteiger partial charge in [0.25, 0.3) is 0 Å². The number of carbonyl (C=O) groups excluding carboxylic acids is 1. The van der Waals surface area contributed by atoms with Crippen molar-refractivity contribution in [2.75, 3.05) is 11.9 Å². The van der Waals surface area contributed by atoms with Gasteiger partial charge in [0.05, 0.1) is 17.3 Å². The van der Waals surface area contributed by atoms with Gasteiger partial charge < -0.3 is 13.7 Å². The number of nitrogens with one attached hydrogen (secondary N) is 1. The van der Waals surface area contributed by atoms with Gasteiger partial charge in [-0.2, -0.15) is 0 Å². The third-order valence-electron chi connectivity index (χ3n) is 4.46. The second-order valence-corrected chi connectivity index (χ2v) is 9.05. The molecule has 0 unspecified atom stereocenters. The molecule has 2 aromatic carbocycles. The zero-order valence-electron chi connectivity index (χ0n) is 17.8. The number of ether oxygens (including phenoxy) is 2. The Morgan fingerprint density at radius 3 is 2.62 bits per heavy atom. The van der Waals surface area contributed by atoms with Crippen molar-refractivity contribution in [3.05, 3.63) is 52.5 Å². The average molecular weight is 483 g/mol. The Labute approximate surface area is 191 Å². The number of halogens is 1. The zero-order chi connectivity index (χ0) is 23.4. The molecule has 172 valence electrons. The summed E-state index contributed by atoms with van der Waals surface area (Å²) in [5.41, 5.74) is 1.32. The van der Waals surface area contributed by atoms with E-state index in [1.165, 1.54) is 18.3 Å². The van der Waals surface area contributed by atoms with Crippen LogP contribution in [0.5, 0.6) is 11.5 Å².